The van der Waals surface area contributed by atoms with Gasteiger partial charge in [0.05, 0.1) is 0 Å². The Labute approximate surface area is 172 Å². The molecule has 1 heterocycles. The SMILES string of the molecule is CCN(Cc1ccccc1)C(=O)CN1C(=O)NC(C)(c2cccc(Br)c2)C1=O. The minimum Gasteiger partial charge on any atom is -0.337 e. The molecule has 1 fully saturated rings. The lowest BCUT2D eigenvalue weighted by molar-refractivity contribution is -0.139. The molecule has 3 rings (SSSR count). The molecule has 1 saturated heterocycles. The largest absolute Gasteiger partial charge is 0.337 e. The molecule has 1 aliphatic heterocycles. The summed E-state index contributed by atoms with van der Waals surface area (Å²) in [5.74, 6) is -0.701. The van der Waals surface area contributed by atoms with E-state index in [9.17, 15) is 14.4 Å². The standard InChI is InChI=1S/C21H22BrN3O3/c1-3-24(13-15-8-5-4-6-9-15)18(26)14-25-19(27)21(2,23-20(25)28)16-10-7-11-17(22)12-16/h4-12H,3,13-14H2,1-2H3,(H,23,28). The number of nitrogens with zero attached hydrogens (tertiary/aromatic N) is 2. The van der Waals surface area contributed by atoms with E-state index in [0.29, 0.717) is 18.7 Å². The Kier molecular flexibility index (Phi) is 5.84. The normalized spacial score (nSPS) is 18.9. The van der Waals surface area contributed by atoms with Crippen LogP contribution in [0, 0.1) is 0 Å². The molecule has 1 N–H and O–H groups in total. The van der Waals surface area contributed by atoms with Crippen molar-refractivity contribution in [3.8, 4) is 0 Å². The zero-order valence-corrected chi connectivity index (χ0v) is 17.4. The van der Waals surface area contributed by atoms with Gasteiger partial charge >= 0.3 is 6.03 Å². The first-order valence-electron chi connectivity index (χ1n) is 9.07. The Morgan fingerprint density at radius 1 is 1.14 bits per heavy atom. The van der Waals surface area contributed by atoms with E-state index >= 15 is 0 Å². The van der Waals surface area contributed by atoms with E-state index in [2.05, 4.69) is 21.2 Å². The third-order valence-electron chi connectivity index (χ3n) is 4.92. The molecule has 0 bridgehead atoms. The highest BCUT2D eigenvalue weighted by atomic mass is 79.9. The average molecular weight is 444 g/mol. The van der Waals surface area contributed by atoms with E-state index in [0.717, 1.165) is 14.9 Å². The Balaban J connectivity index is 1.75. The monoisotopic (exact) mass is 443 g/mol. The molecule has 0 aromatic heterocycles. The number of hydrogen-bond donors (Lipinski definition) is 1. The van der Waals surface area contributed by atoms with Crippen LogP contribution < -0.4 is 5.32 Å². The van der Waals surface area contributed by atoms with Crippen molar-refractivity contribution in [2.24, 2.45) is 0 Å². The van der Waals surface area contributed by atoms with Gasteiger partial charge in [0.25, 0.3) is 5.91 Å². The second-order valence-electron chi connectivity index (χ2n) is 6.85. The summed E-state index contributed by atoms with van der Waals surface area (Å²) in [6.07, 6.45) is 0. The first kappa shape index (κ1) is 20.1. The number of hydrogen-bond acceptors (Lipinski definition) is 3. The van der Waals surface area contributed by atoms with Crippen molar-refractivity contribution in [3.05, 3.63) is 70.2 Å². The molecule has 2 aromatic rings. The lowest BCUT2D eigenvalue weighted by Gasteiger charge is -2.25. The molecular weight excluding hydrogens is 422 g/mol. The van der Waals surface area contributed by atoms with Gasteiger partial charge in [0, 0.05) is 17.6 Å². The Morgan fingerprint density at radius 2 is 1.86 bits per heavy atom. The summed E-state index contributed by atoms with van der Waals surface area (Å²) in [5, 5.41) is 2.73. The Morgan fingerprint density at radius 3 is 2.50 bits per heavy atom. The molecular formula is C21H22BrN3O3. The van der Waals surface area contributed by atoms with E-state index in [-0.39, 0.29) is 12.5 Å². The Bertz CT molecular complexity index is 903. The predicted octanol–water partition coefficient (Wildman–Crippen LogP) is 3.26. The van der Waals surface area contributed by atoms with E-state index < -0.39 is 17.5 Å². The van der Waals surface area contributed by atoms with Crippen LogP contribution in [0.15, 0.2) is 59.1 Å². The van der Waals surface area contributed by atoms with Crippen LogP contribution in [0.5, 0.6) is 0 Å². The van der Waals surface area contributed by atoms with Crippen LogP contribution in [0.4, 0.5) is 4.79 Å². The number of amides is 4. The number of halogens is 1. The quantitative estimate of drug-likeness (QED) is 0.696. The first-order chi connectivity index (χ1) is 13.3. The zero-order valence-electron chi connectivity index (χ0n) is 15.8. The highest BCUT2D eigenvalue weighted by Crippen LogP contribution is 2.30. The van der Waals surface area contributed by atoms with Crippen molar-refractivity contribution in [1.29, 1.82) is 0 Å². The van der Waals surface area contributed by atoms with Crippen molar-refractivity contribution in [2.45, 2.75) is 25.9 Å². The van der Waals surface area contributed by atoms with Gasteiger partial charge in [-0.05, 0) is 37.1 Å². The minimum absolute atomic E-state index is 0.270. The summed E-state index contributed by atoms with van der Waals surface area (Å²) < 4.78 is 0.808. The molecule has 28 heavy (non-hydrogen) atoms. The zero-order chi connectivity index (χ0) is 20.3. The maximum atomic E-state index is 13.0. The molecule has 0 aliphatic carbocycles. The van der Waals surface area contributed by atoms with Crippen LogP contribution in [0.2, 0.25) is 0 Å². The van der Waals surface area contributed by atoms with Crippen LogP contribution in [-0.2, 0) is 21.7 Å². The minimum atomic E-state index is -1.20. The average Bonchev–Trinajstić information content (AvgIpc) is 2.91. The Hall–Kier alpha value is -2.67. The van der Waals surface area contributed by atoms with Crippen LogP contribution in [0.25, 0.3) is 0 Å². The van der Waals surface area contributed by atoms with E-state index in [1.165, 1.54) is 0 Å². The number of likely N-dealkylation sites (N-methyl/N-ethyl adjacent to an activating group) is 1. The first-order valence-corrected chi connectivity index (χ1v) is 9.86. The van der Waals surface area contributed by atoms with Crippen molar-refractivity contribution in [2.75, 3.05) is 13.1 Å². The molecule has 7 heteroatoms. The fourth-order valence-electron chi connectivity index (χ4n) is 3.25. The highest BCUT2D eigenvalue weighted by molar-refractivity contribution is 9.10. The summed E-state index contributed by atoms with van der Waals surface area (Å²) >= 11 is 3.39. The smallest absolute Gasteiger partial charge is 0.325 e. The lowest BCUT2D eigenvalue weighted by atomic mass is 9.92. The van der Waals surface area contributed by atoms with E-state index in [1.807, 2.05) is 43.3 Å². The van der Waals surface area contributed by atoms with Crippen LogP contribution in [-0.4, -0.2) is 40.7 Å². The van der Waals surface area contributed by atoms with Crippen molar-refractivity contribution >= 4 is 33.8 Å². The third-order valence-corrected chi connectivity index (χ3v) is 5.41. The van der Waals surface area contributed by atoms with Gasteiger partial charge < -0.3 is 10.2 Å². The molecule has 4 amide bonds. The van der Waals surface area contributed by atoms with Gasteiger partial charge in [-0.2, -0.15) is 0 Å². The summed E-state index contributed by atoms with van der Waals surface area (Å²) in [7, 11) is 0. The number of benzene rings is 2. The summed E-state index contributed by atoms with van der Waals surface area (Å²) in [5.41, 5.74) is 0.457. The number of rotatable bonds is 6. The van der Waals surface area contributed by atoms with Crippen LogP contribution in [0.1, 0.15) is 25.0 Å². The predicted molar refractivity (Wildman–Crippen MR) is 109 cm³/mol. The molecule has 6 nitrogen and oxygen atoms in total. The van der Waals surface area contributed by atoms with Crippen molar-refractivity contribution in [1.82, 2.24) is 15.1 Å². The molecule has 1 aliphatic rings. The third kappa shape index (κ3) is 3.94. The fraction of sp³-hybridized carbons (Fsp3) is 0.286. The summed E-state index contributed by atoms with van der Waals surface area (Å²) in [4.78, 5) is 40.9. The summed E-state index contributed by atoms with van der Waals surface area (Å²) in [6.45, 7) is 4.16. The van der Waals surface area contributed by atoms with Gasteiger partial charge in [0.15, 0.2) is 0 Å². The number of urea groups is 1. The number of imide groups is 1. The van der Waals surface area contributed by atoms with Gasteiger partial charge in [-0.1, -0.05) is 58.4 Å². The topological polar surface area (TPSA) is 69.7 Å². The molecule has 1 atom stereocenters. The van der Waals surface area contributed by atoms with E-state index in [1.54, 1.807) is 30.0 Å². The van der Waals surface area contributed by atoms with Crippen LogP contribution in [0.3, 0.4) is 0 Å². The highest BCUT2D eigenvalue weighted by Gasteiger charge is 2.49. The van der Waals surface area contributed by atoms with Crippen molar-refractivity contribution in [3.63, 3.8) is 0 Å². The van der Waals surface area contributed by atoms with Crippen molar-refractivity contribution < 1.29 is 14.4 Å². The molecule has 0 radical (unpaired) electrons. The number of carbonyl (C=O) groups excluding carboxylic acids is 3. The molecule has 0 spiro atoms. The van der Waals surface area contributed by atoms with Gasteiger partial charge in [-0.25, -0.2) is 4.79 Å². The number of nitrogens with one attached hydrogen (secondary N) is 1. The maximum Gasteiger partial charge on any atom is 0.325 e. The maximum absolute atomic E-state index is 13.0. The lowest BCUT2D eigenvalue weighted by Crippen LogP contribution is -2.44. The molecule has 146 valence electrons. The van der Waals surface area contributed by atoms with E-state index in [4.69, 9.17) is 0 Å². The van der Waals surface area contributed by atoms with Gasteiger partial charge in [0.1, 0.15) is 12.1 Å². The second-order valence-corrected chi connectivity index (χ2v) is 7.77. The van der Waals surface area contributed by atoms with Gasteiger partial charge in [-0.15, -0.1) is 0 Å². The molecule has 1 unspecified atom stereocenters. The second kappa shape index (κ2) is 8.14. The fourth-order valence-corrected chi connectivity index (χ4v) is 3.65. The number of carbonyl (C=O) groups is 3. The summed E-state index contributed by atoms with van der Waals surface area (Å²) in [6, 6.07) is 16.3. The molecule has 0 saturated carbocycles. The molecule has 2 aromatic carbocycles. The van der Waals surface area contributed by atoms with Gasteiger partial charge in [-0.3, -0.25) is 14.5 Å². The van der Waals surface area contributed by atoms with Crippen LogP contribution >= 0.6 is 15.9 Å². The van der Waals surface area contributed by atoms with Gasteiger partial charge in [0.2, 0.25) is 5.91 Å².